The fraction of sp³-hybridized carbons (Fsp3) is 0.588. The Hall–Kier alpha value is -1.06. The van der Waals surface area contributed by atoms with Gasteiger partial charge in [0.1, 0.15) is 5.82 Å². The molecule has 1 aromatic heterocycles. The first kappa shape index (κ1) is 14.9. The zero-order chi connectivity index (χ0) is 15.0. The van der Waals surface area contributed by atoms with Gasteiger partial charge in [0, 0.05) is 18.5 Å². The van der Waals surface area contributed by atoms with Crippen molar-refractivity contribution in [3.63, 3.8) is 0 Å². The quantitative estimate of drug-likeness (QED) is 0.816. The Morgan fingerprint density at radius 3 is 2.86 bits per heavy atom. The maximum atomic E-state index is 6.50. The van der Waals surface area contributed by atoms with Crippen molar-refractivity contribution in [2.24, 2.45) is 0 Å². The fourth-order valence-electron chi connectivity index (χ4n) is 3.42. The second-order valence-corrected chi connectivity index (χ2v) is 6.92. The van der Waals surface area contributed by atoms with Gasteiger partial charge in [-0.15, -0.1) is 0 Å². The summed E-state index contributed by atoms with van der Waals surface area (Å²) in [6.45, 7) is 6.70. The number of hydrogen-bond donors (Lipinski definition) is 0. The lowest BCUT2D eigenvalue weighted by Crippen LogP contribution is -2.27. The van der Waals surface area contributed by atoms with Gasteiger partial charge in [-0.05, 0) is 38.6 Å². The van der Waals surface area contributed by atoms with Crippen molar-refractivity contribution in [2.45, 2.75) is 45.1 Å². The molecule has 3 nitrogen and oxygen atoms in total. The normalized spacial score (nSPS) is 21.1. The summed E-state index contributed by atoms with van der Waals surface area (Å²) >= 11 is 6.50. The van der Waals surface area contributed by atoms with Crippen LogP contribution in [0.5, 0.6) is 0 Å². The summed E-state index contributed by atoms with van der Waals surface area (Å²) in [5.41, 5.74) is 2.14. The van der Waals surface area contributed by atoms with Crippen LogP contribution in [0.25, 0.3) is 11.0 Å². The number of fused-ring (bicyclic) bond motifs is 1. The van der Waals surface area contributed by atoms with Gasteiger partial charge in [-0.25, -0.2) is 4.98 Å². The largest absolute Gasteiger partial charge is 0.322 e. The first-order chi connectivity index (χ1) is 10.1. The van der Waals surface area contributed by atoms with Crippen molar-refractivity contribution < 1.29 is 0 Å². The van der Waals surface area contributed by atoms with Crippen molar-refractivity contribution in [3.05, 3.63) is 29.0 Å². The van der Waals surface area contributed by atoms with E-state index < -0.39 is 0 Å². The Morgan fingerprint density at radius 2 is 2.10 bits per heavy atom. The Kier molecular flexibility index (Phi) is 4.23. The molecule has 2 heterocycles. The van der Waals surface area contributed by atoms with E-state index in [2.05, 4.69) is 36.4 Å². The van der Waals surface area contributed by atoms with Crippen molar-refractivity contribution in [1.82, 2.24) is 14.5 Å². The van der Waals surface area contributed by atoms with E-state index in [-0.39, 0.29) is 0 Å². The second-order valence-electron chi connectivity index (χ2n) is 6.51. The summed E-state index contributed by atoms with van der Waals surface area (Å²) in [6.07, 6.45) is 3.77. The topological polar surface area (TPSA) is 21.1 Å². The van der Waals surface area contributed by atoms with Gasteiger partial charge in [0.25, 0.3) is 0 Å². The van der Waals surface area contributed by atoms with E-state index >= 15 is 0 Å². The van der Waals surface area contributed by atoms with Crippen LogP contribution in [0.2, 0.25) is 5.02 Å². The highest BCUT2D eigenvalue weighted by Gasteiger charge is 2.24. The molecule has 2 aromatic rings. The summed E-state index contributed by atoms with van der Waals surface area (Å²) in [5.74, 6) is 1.57. The maximum absolute atomic E-state index is 6.50. The monoisotopic (exact) mass is 305 g/mol. The van der Waals surface area contributed by atoms with Crippen LogP contribution in [0.1, 0.15) is 50.9 Å². The minimum atomic E-state index is 0.405. The molecule has 0 saturated carbocycles. The molecule has 0 bridgehead atoms. The first-order valence-electron chi connectivity index (χ1n) is 7.93. The van der Waals surface area contributed by atoms with E-state index in [4.69, 9.17) is 16.6 Å². The Morgan fingerprint density at radius 1 is 1.29 bits per heavy atom. The van der Waals surface area contributed by atoms with Gasteiger partial charge in [-0.1, -0.05) is 37.9 Å². The number of likely N-dealkylation sites (N-methyl/N-ethyl adjacent to an activating group) is 1. The van der Waals surface area contributed by atoms with Gasteiger partial charge >= 0.3 is 0 Å². The van der Waals surface area contributed by atoms with Crippen LogP contribution >= 0.6 is 11.6 Å². The summed E-state index contributed by atoms with van der Waals surface area (Å²) in [5, 5.41) is 0.818. The molecule has 0 aliphatic carbocycles. The third kappa shape index (κ3) is 2.82. The summed E-state index contributed by atoms with van der Waals surface area (Å²) in [6, 6.07) is 6.52. The summed E-state index contributed by atoms with van der Waals surface area (Å²) in [7, 11) is 2.22. The lowest BCUT2D eigenvalue weighted by molar-refractivity contribution is 0.297. The number of nitrogens with zero attached hydrogens (tertiary/aromatic N) is 3. The van der Waals surface area contributed by atoms with E-state index in [1.54, 1.807) is 0 Å². The molecule has 114 valence electrons. The number of benzene rings is 1. The molecule has 0 spiro atoms. The standard InChI is InChI=1S/C17H24ClN3/c1-12(2)17-19-15-9-6-8-14(18)16(15)21(17)13-7-4-5-10-20(3)11-13/h6,8-9,12-13H,4-5,7,10-11H2,1-3H3/t13-/m0/s1. The predicted molar refractivity (Wildman–Crippen MR) is 89.2 cm³/mol. The molecule has 4 heteroatoms. The molecule has 0 N–H and O–H groups in total. The van der Waals surface area contributed by atoms with Gasteiger partial charge in [-0.2, -0.15) is 0 Å². The molecule has 1 saturated heterocycles. The highest BCUT2D eigenvalue weighted by Crippen LogP contribution is 2.33. The van der Waals surface area contributed by atoms with E-state index in [1.165, 1.54) is 31.6 Å². The molecular formula is C17H24ClN3. The molecule has 0 radical (unpaired) electrons. The van der Waals surface area contributed by atoms with Gasteiger partial charge in [0.05, 0.1) is 16.1 Å². The zero-order valence-electron chi connectivity index (χ0n) is 13.1. The minimum Gasteiger partial charge on any atom is -0.322 e. The van der Waals surface area contributed by atoms with Crippen molar-refractivity contribution in [3.8, 4) is 0 Å². The SMILES string of the molecule is CC(C)c1nc2cccc(Cl)c2n1[C@H]1CCCCN(C)C1. The molecule has 1 aromatic carbocycles. The average molecular weight is 306 g/mol. The van der Waals surface area contributed by atoms with Gasteiger partial charge in [0.15, 0.2) is 0 Å². The Labute approximate surface area is 131 Å². The highest BCUT2D eigenvalue weighted by molar-refractivity contribution is 6.35. The van der Waals surface area contributed by atoms with E-state index in [9.17, 15) is 0 Å². The van der Waals surface area contributed by atoms with Crippen molar-refractivity contribution >= 4 is 22.6 Å². The number of para-hydroxylation sites is 1. The third-order valence-electron chi connectivity index (χ3n) is 4.42. The number of likely N-dealkylation sites (tertiary alicyclic amines) is 1. The van der Waals surface area contributed by atoms with E-state index in [0.717, 1.165) is 22.6 Å². The lowest BCUT2D eigenvalue weighted by Gasteiger charge is -2.25. The van der Waals surface area contributed by atoms with Crippen LogP contribution in [0.4, 0.5) is 0 Å². The van der Waals surface area contributed by atoms with Crippen LogP contribution in [-0.4, -0.2) is 34.6 Å². The predicted octanol–water partition coefficient (Wildman–Crippen LogP) is 4.47. The number of aromatic nitrogens is 2. The van der Waals surface area contributed by atoms with Crippen molar-refractivity contribution in [1.29, 1.82) is 0 Å². The van der Waals surface area contributed by atoms with Gasteiger partial charge < -0.3 is 9.47 Å². The number of imidazole rings is 1. The summed E-state index contributed by atoms with van der Waals surface area (Å²) < 4.78 is 2.42. The molecule has 1 fully saturated rings. The van der Waals surface area contributed by atoms with Crippen molar-refractivity contribution in [2.75, 3.05) is 20.1 Å². The molecule has 0 amide bonds. The average Bonchev–Trinajstić information content (AvgIpc) is 2.71. The first-order valence-corrected chi connectivity index (χ1v) is 8.30. The van der Waals surface area contributed by atoms with Crippen LogP contribution < -0.4 is 0 Å². The van der Waals surface area contributed by atoms with Gasteiger partial charge in [0.2, 0.25) is 0 Å². The third-order valence-corrected chi connectivity index (χ3v) is 4.72. The number of hydrogen-bond acceptors (Lipinski definition) is 2. The second kappa shape index (κ2) is 5.98. The Bertz CT molecular complexity index is 632. The molecular weight excluding hydrogens is 282 g/mol. The smallest absolute Gasteiger partial charge is 0.112 e. The zero-order valence-corrected chi connectivity index (χ0v) is 13.9. The number of halogens is 1. The molecule has 1 aliphatic rings. The minimum absolute atomic E-state index is 0.405. The summed E-state index contributed by atoms with van der Waals surface area (Å²) in [4.78, 5) is 7.30. The van der Waals surface area contributed by atoms with Crippen LogP contribution in [0.15, 0.2) is 18.2 Å². The van der Waals surface area contributed by atoms with E-state index in [0.29, 0.717) is 12.0 Å². The van der Waals surface area contributed by atoms with E-state index in [1.807, 2.05) is 12.1 Å². The maximum Gasteiger partial charge on any atom is 0.112 e. The lowest BCUT2D eigenvalue weighted by atomic mass is 10.1. The van der Waals surface area contributed by atoms with Crippen LogP contribution in [0.3, 0.4) is 0 Å². The molecule has 1 atom stereocenters. The molecule has 21 heavy (non-hydrogen) atoms. The molecule has 3 rings (SSSR count). The van der Waals surface area contributed by atoms with Crippen LogP contribution in [0, 0.1) is 0 Å². The van der Waals surface area contributed by atoms with Crippen LogP contribution in [-0.2, 0) is 0 Å². The highest BCUT2D eigenvalue weighted by atomic mass is 35.5. The number of rotatable bonds is 2. The fourth-order valence-corrected chi connectivity index (χ4v) is 3.68. The Balaban J connectivity index is 2.16. The molecule has 1 aliphatic heterocycles. The van der Waals surface area contributed by atoms with Gasteiger partial charge in [-0.3, -0.25) is 0 Å². The molecule has 0 unspecified atom stereocenters.